The predicted octanol–water partition coefficient (Wildman–Crippen LogP) is 4.52. The number of nitrogens with two attached hydrogens (primary N) is 1. The first-order valence-electron chi connectivity index (χ1n) is 4.69. The Kier molecular flexibility index (Phi) is 3.22. The quantitative estimate of drug-likeness (QED) is 0.600. The van der Waals surface area contributed by atoms with Crippen LogP contribution in [0.5, 0.6) is 0 Å². The van der Waals surface area contributed by atoms with E-state index < -0.39 is 11.6 Å². The van der Waals surface area contributed by atoms with Crippen molar-refractivity contribution in [3.8, 4) is 11.1 Å². The fourth-order valence-electron chi connectivity index (χ4n) is 1.44. The van der Waals surface area contributed by atoms with Crippen LogP contribution in [0.1, 0.15) is 0 Å². The van der Waals surface area contributed by atoms with Crippen molar-refractivity contribution >= 4 is 28.9 Å². The molecule has 88 valence electrons. The number of halogens is 4. The summed E-state index contributed by atoms with van der Waals surface area (Å²) in [5.41, 5.74) is 6.92. The zero-order valence-electron chi connectivity index (χ0n) is 8.48. The first-order chi connectivity index (χ1) is 7.99. The molecule has 17 heavy (non-hydrogen) atoms. The van der Waals surface area contributed by atoms with Crippen molar-refractivity contribution in [1.29, 1.82) is 0 Å². The third-order valence-corrected chi connectivity index (χ3v) is 2.96. The maximum Gasteiger partial charge on any atom is 0.160 e. The smallest absolute Gasteiger partial charge is 0.160 e. The van der Waals surface area contributed by atoms with Gasteiger partial charge in [0.05, 0.1) is 15.7 Å². The van der Waals surface area contributed by atoms with Gasteiger partial charge in [0.15, 0.2) is 11.6 Å². The Balaban J connectivity index is 2.60. The topological polar surface area (TPSA) is 26.0 Å². The molecule has 0 aliphatic rings. The molecule has 0 saturated carbocycles. The highest BCUT2D eigenvalue weighted by Gasteiger charge is 2.11. The van der Waals surface area contributed by atoms with Gasteiger partial charge >= 0.3 is 0 Å². The van der Waals surface area contributed by atoms with E-state index in [4.69, 9.17) is 28.9 Å². The summed E-state index contributed by atoms with van der Waals surface area (Å²) in [6.07, 6.45) is 0. The van der Waals surface area contributed by atoms with Gasteiger partial charge in [0.2, 0.25) is 0 Å². The fourth-order valence-corrected chi connectivity index (χ4v) is 1.88. The van der Waals surface area contributed by atoms with Gasteiger partial charge < -0.3 is 5.73 Å². The van der Waals surface area contributed by atoms with Crippen molar-refractivity contribution in [2.75, 3.05) is 5.73 Å². The summed E-state index contributed by atoms with van der Waals surface area (Å²) in [4.78, 5) is 0. The van der Waals surface area contributed by atoms with Gasteiger partial charge in [-0.05, 0) is 29.8 Å². The van der Waals surface area contributed by atoms with E-state index in [-0.39, 0.29) is 5.02 Å². The molecule has 0 radical (unpaired) electrons. The normalized spacial score (nSPS) is 10.6. The van der Waals surface area contributed by atoms with E-state index in [1.807, 2.05) is 0 Å². The molecule has 0 fully saturated rings. The van der Waals surface area contributed by atoms with E-state index in [1.165, 1.54) is 0 Å². The molecule has 0 spiro atoms. The third kappa shape index (κ3) is 2.35. The molecular weight excluding hydrogens is 267 g/mol. The van der Waals surface area contributed by atoms with Crippen molar-refractivity contribution in [3.63, 3.8) is 0 Å². The van der Waals surface area contributed by atoms with Crippen LogP contribution in [0.15, 0.2) is 30.3 Å². The lowest BCUT2D eigenvalue weighted by molar-refractivity contribution is 0.509. The lowest BCUT2D eigenvalue weighted by Crippen LogP contribution is -1.90. The van der Waals surface area contributed by atoms with Crippen LogP contribution >= 0.6 is 23.2 Å². The summed E-state index contributed by atoms with van der Waals surface area (Å²) >= 11 is 11.7. The Morgan fingerprint density at radius 3 is 2.18 bits per heavy atom. The maximum absolute atomic E-state index is 13.1. The van der Waals surface area contributed by atoms with Gasteiger partial charge in [-0.25, -0.2) is 8.78 Å². The number of rotatable bonds is 1. The molecule has 0 aliphatic carbocycles. The first-order valence-corrected chi connectivity index (χ1v) is 5.44. The van der Waals surface area contributed by atoms with E-state index in [9.17, 15) is 8.78 Å². The Hall–Kier alpha value is -1.32. The van der Waals surface area contributed by atoms with Crippen molar-refractivity contribution in [3.05, 3.63) is 52.0 Å². The van der Waals surface area contributed by atoms with Crippen LogP contribution in [0.4, 0.5) is 14.5 Å². The summed E-state index contributed by atoms with van der Waals surface area (Å²) in [5.74, 6) is -1.95. The fraction of sp³-hybridized carbons (Fsp3) is 0. The molecule has 5 heteroatoms. The maximum atomic E-state index is 13.1. The molecule has 2 rings (SSSR count). The number of benzene rings is 2. The highest BCUT2D eigenvalue weighted by molar-refractivity contribution is 6.34. The van der Waals surface area contributed by atoms with Crippen LogP contribution in [-0.2, 0) is 0 Å². The van der Waals surface area contributed by atoms with Crippen LogP contribution in [0.3, 0.4) is 0 Å². The van der Waals surface area contributed by atoms with Gasteiger partial charge in [-0.3, -0.25) is 0 Å². The Morgan fingerprint density at radius 1 is 0.882 bits per heavy atom. The van der Waals surface area contributed by atoms with Crippen LogP contribution in [0.2, 0.25) is 10.0 Å². The minimum Gasteiger partial charge on any atom is -0.398 e. The highest BCUT2D eigenvalue weighted by Crippen LogP contribution is 2.33. The molecule has 0 heterocycles. The van der Waals surface area contributed by atoms with E-state index >= 15 is 0 Å². The summed E-state index contributed by atoms with van der Waals surface area (Å²) in [5, 5.41) is 0.452. The van der Waals surface area contributed by atoms with Crippen molar-refractivity contribution in [1.82, 2.24) is 0 Å². The summed E-state index contributed by atoms with van der Waals surface area (Å²) in [7, 11) is 0. The van der Waals surface area contributed by atoms with Gasteiger partial charge in [-0.2, -0.15) is 0 Å². The number of hydrogen-bond acceptors (Lipinski definition) is 1. The molecule has 0 saturated heterocycles. The average Bonchev–Trinajstić information content (AvgIpc) is 2.27. The van der Waals surface area contributed by atoms with Gasteiger partial charge in [0.25, 0.3) is 0 Å². The largest absolute Gasteiger partial charge is 0.398 e. The Labute approximate surface area is 107 Å². The second-order valence-corrected chi connectivity index (χ2v) is 4.30. The molecule has 2 aromatic carbocycles. The molecule has 0 atom stereocenters. The highest BCUT2D eigenvalue weighted by atomic mass is 35.5. The van der Waals surface area contributed by atoms with Gasteiger partial charge in [0, 0.05) is 5.56 Å². The summed E-state index contributed by atoms with van der Waals surface area (Å²) in [6, 6.07) is 6.72. The molecule has 0 unspecified atom stereocenters. The molecule has 0 aromatic heterocycles. The number of hydrogen-bond donors (Lipinski definition) is 1. The molecule has 2 N–H and O–H groups in total. The van der Waals surface area contributed by atoms with E-state index in [1.54, 1.807) is 18.2 Å². The zero-order chi connectivity index (χ0) is 12.6. The number of nitrogen functional groups attached to an aromatic ring is 1. The molecule has 0 bridgehead atoms. The molecular formula is C12H7Cl2F2N. The third-order valence-electron chi connectivity index (χ3n) is 2.32. The Morgan fingerprint density at radius 2 is 1.53 bits per heavy atom. The molecule has 2 aromatic rings. The Bertz CT molecular complexity index is 585. The zero-order valence-corrected chi connectivity index (χ0v) is 9.99. The van der Waals surface area contributed by atoms with Crippen molar-refractivity contribution in [2.45, 2.75) is 0 Å². The van der Waals surface area contributed by atoms with Crippen LogP contribution in [0, 0.1) is 11.6 Å². The number of anilines is 1. The van der Waals surface area contributed by atoms with E-state index in [0.717, 1.165) is 12.1 Å². The molecule has 0 amide bonds. The first kappa shape index (κ1) is 12.1. The van der Waals surface area contributed by atoms with Crippen molar-refractivity contribution in [2.24, 2.45) is 0 Å². The summed E-state index contributed by atoms with van der Waals surface area (Å²) in [6.45, 7) is 0. The summed E-state index contributed by atoms with van der Waals surface area (Å²) < 4.78 is 26.0. The van der Waals surface area contributed by atoms with Crippen LogP contribution in [-0.4, -0.2) is 0 Å². The van der Waals surface area contributed by atoms with E-state index in [0.29, 0.717) is 21.8 Å². The lowest BCUT2D eigenvalue weighted by Gasteiger charge is -2.07. The lowest BCUT2D eigenvalue weighted by atomic mass is 10.0. The minimum absolute atomic E-state index is 0.115. The van der Waals surface area contributed by atoms with Crippen LogP contribution < -0.4 is 5.73 Å². The van der Waals surface area contributed by atoms with Crippen LogP contribution in [0.25, 0.3) is 11.1 Å². The van der Waals surface area contributed by atoms with Crippen molar-refractivity contribution < 1.29 is 8.78 Å². The van der Waals surface area contributed by atoms with Gasteiger partial charge in [-0.1, -0.05) is 29.3 Å². The second-order valence-electron chi connectivity index (χ2n) is 3.48. The second kappa shape index (κ2) is 4.51. The standard InChI is InChI=1S/C12H7Cl2F2N/c13-8-5-11(16)10(15)4-7(8)6-1-2-12(17)9(14)3-6/h1-5H,17H2. The minimum atomic E-state index is -0.986. The van der Waals surface area contributed by atoms with E-state index in [2.05, 4.69) is 0 Å². The van der Waals surface area contributed by atoms with Gasteiger partial charge in [-0.15, -0.1) is 0 Å². The van der Waals surface area contributed by atoms with Gasteiger partial charge in [0.1, 0.15) is 0 Å². The molecule has 0 aliphatic heterocycles. The molecule has 1 nitrogen and oxygen atoms in total. The average molecular weight is 274 g/mol. The predicted molar refractivity (Wildman–Crippen MR) is 66.2 cm³/mol. The SMILES string of the molecule is Nc1ccc(-c2cc(F)c(F)cc2Cl)cc1Cl. The monoisotopic (exact) mass is 273 g/mol.